The molecule has 2 rings (SSSR count). The number of thiocyanates is 1. The van der Waals surface area contributed by atoms with E-state index in [4.69, 9.17) is 5.26 Å². The summed E-state index contributed by atoms with van der Waals surface area (Å²) in [4.78, 5) is 0. The highest BCUT2D eigenvalue weighted by atomic mass is 32.2. The first-order valence-corrected chi connectivity index (χ1v) is 8.07. The molecule has 18 heavy (non-hydrogen) atoms. The molecule has 0 aromatic carbocycles. The first kappa shape index (κ1) is 14.0. The lowest BCUT2D eigenvalue weighted by Crippen LogP contribution is -2.32. The molecule has 0 aromatic rings. The molecule has 0 bridgehead atoms. The molecule has 2 heteroatoms. The van der Waals surface area contributed by atoms with Crippen molar-refractivity contribution in [2.45, 2.75) is 58.1 Å². The van der Waals surface area contributed by atoms with Crippen LogP contribution in [-0.4, -0.2) is 4.75 Å². The Kier molecular flexibility index (Phi) is 4.11. The molecule has 0 spiro atoms. The minimum Gasteiger partial charge on any atom is -0.185 e. The van der Waals surface area contributed by atoms with Crippen molar-refractivity contribution >= 4 is 11.8 Å². The number of hydrogen-bond acceptors (Lipinski definition) is 2. The van der Waals surface area contributed by atoms with Crippen LogP contribution in [0.5, 0.6) is 0 Å². The monoisotopic (exact) mass is 263 g/mol. The Morgan fingerprint density at radius 3 is 2.78 bits per heavy atom. The third kappa shape index (κ3) is 2.48. The first-order valence-electron chi connectivity index (χ1n) is 7.25. The highest BCUT2D eigenvalue weighted by Gasteiger charge is 2.46. The Morgan fingerprint density at radius 1 is 1.44 bits per heavy atom. The highest BCUT2D eigenvalue weighted by molar-refractivity contribution is 8.05. The van der Waals surface area contributed by atoms with Gasteiger partial charge in [0, 0.05) is 4.75 Å². The Hall–Kier alpha value is -0.420. The van der Waals surface area contributed by atoms with Gasteiger partial charge >= 0.3 is 0 Å². The summed E-state index contributed by atoms with van der Waals surface area (Å²) in [6.07, 6.45) is 7.57. The number of nitrogens with zero attached hydrogens (tertiary/aromatic N) is 1. The highest BCUT2D eigenvalue weighted by Crippen LogP contribution is 2.53. The number of thioether (sulfide) groups is 1. The smallest absolute Gasteiger partial charge is 0.133 e. The van der Waals surface area contributed by atoms with E-state index in [9.17, 15) is 0 Å². The van der Waals surface area contributed by atoms with Gasteiger partial charge in [0.05, 0.1) is 0 Å². The fraction of sp³-hybridized carbons (Fsp3) is 0.812. The van der Waals surface area contributed by atoms with Crippen LogP contribution in [0.3, 0.4) is 0 Å². The van der Waals surface area contributed by atoms with Crippen molar-refractivity contribution in [1.82, 2.24) is 0 Å². The summed E-state index contributed by atoms with van der Waals surface area (Å²) in [7, 11) is 0. The zero-order chi connectivity index (χ0) is 13.3. The van der Waals surface area contributed by atoms with Gasteiger partial charge in [0.1, 0.15) is 5.40 Å². The second-order valence-electron chi connectivity index (χ2n) is 6.64. The van der Waals surface area contributed by atoms with Crippen molar-refractivity contribution in [2.24, 2.45) is 23.7 Å². The largest absolute Gasteiger partial charge is 0.185 e. The summed E-state index contributed by atoms with van der Waals surface area (Å²) in [6, 6.07) is 0. The molecule has 2 aliphatic carbocycles. The SMILES string of the molecule is CC(C)C1=C[C@H]2[C@@H](C)CC[C@@H]2[C@@](C)(SC#N)CC1. The molecular weight excluding hydrogens is 238 g/mol. The van der Waals surface area contributed by atoms with Crippen LogP contribution in [0.25, 0.3) is 0 Å². The third-order valence-electron chi connectivity index (χ3n) is 5.18. The van der Waals surface area contributed by atoms with Crippen molar-refractivity contribution in [3.63, 3.8) is 0 Å². The summed E-state index contributed by atoms with van der Waals surface area (Å²) >= 11 is 1.53. The van der Waals surface area contributed by atoms with Crippen molar-refractivity contribution in [3.8, 4) is 5.40 Å². The van der Waals surface area contributed by atoms with Gasteiger partial charge in [0.2, 0.25) is 0 Å². The predicted molar refractivity (Wildman–Crippen MR) is 79.1 cm³/mol. The van der Waals surface area contributed by atoms with Crippen LogP contribution >= 0.6 is 11.8 Å². The van der Waals surface area contributed by atoms with Gasteiger partial charge in [-0.1, -0.05) is 32.4 Å². The topological polar surface area (TPSA) is 23.8 Å². The maximum atomic E-state index is 9.13. The predicted octanol–water partition coefficient (Wildman–Crippen LogP) is 5.00. The molecule has 1 saturated carbocycles. The van der Waals surface area contributed by atoms with Gasteiger partial charge < -0.3 is 0 Å². The van der Waals surface area contributed by atoms with Gasteiger partial charge in [0.25, 0.3) is 0 Å². The minimum absolute atomic E-state index is 0.164. The average Bonchev–Trinajstić information content (AvgIpc) is 2.59. The van der Waals surface area contributed by atoms with E-state index < -0.39 is 0 Å². The van der Waals surface area contributed by atoms with E-state index in [0.29, 0.717) is 17.8 Å². The molecule has 0 aromatic heterocycles. The number of hydrogen-bond donors (Lipinski definition) is 0. The second-order valence-corrected chi connectivity index (χ2v) is 7.96. The zero-order valence-corrected chi connectivity index (χ0v) is 12.9. The molecule has 1 nitrogen and oxygen atoms in total. The molecule has 0 saturated heterocycles. The lowest BCUT2D eigenvalue weighted by Gasteiger charge is -2.34. The molecule has 0 aliphatic heterocycles. The summed E-state index contributed by atoms with van der Waals surface area (Å²) in [5.74, 6) is 2.86. The standard InChI is InChI=1S/C16H25NS/c1-11(2)13-7-8-16(4,18-10-17)15-6-5-12(3)14(15)9-13/h9,11-12,14-15H,5-8H2,1-4H3/t12-,14-,15-,16-/m0/s1. The van der Waals surface area contributed by atoms with Crippen LogP contribution in [-0.2, 0) is 0 Å². The van der Waals surface area contributed by atoms with Gasteiger partial charge in [0.15, 0.2) is 0 Å². The molecule has 100 valence electrons. The lowest BCUT2D eigenvalue weighted by molar-refractivity contribution is 0.322. The third-order valence-corrected chi connectivity index (χ3v) is 6.24. The number of allylic oxidation sites excluding steroid dienone is 2. The molecule has 2 aliphatic rings. The van der Waals surface area contributed by atoms with Crippen LogP contribution in [0.2, 0.25) is 0 Å². The fourth-order valence-electron chi connectivity index (χ4n) is 3.84. The maximum absolute atomic E-state index is 9.13. The van der Waals surface area contributed by atoms with Crippen molar-refractivity contribution in [1.29, 1.82) is 5.26 Å². The number of rotatable bonds is 2. The molecule has 0 unspecified atom stereocenters. The molecule has 0 heterocycles. The summed E-state index contributed by atoms with van der Waals surface area (Å²) in [5, 5.41) is 11.5. The quantitative estimate of drug-likeness (QED) is 0.517. The van der Waals surface area contributed by atoms with E-state index in [2.05, 4.69) is 39.2 Å². The van der Waals surface area contributed by atoms with Crippen molar-refractivity contribution < 1.29 is 0 Å². The average molecular weight is 263 g/mol. The van der Waals surface area contributed by atoms with Crippen LogP contribution in [0.4, 0.5) is 0 Å². The minimum atomic E-state index is 0.164. The second kappa shape index (κ2) is 5.29. The normalized spacial score (nSPS) is 40.0. The summed E-state index contributed by atoms with van der Waals surface area (Å²) < 4.78 is 0.164. The van der Waals surface area contributed by atoms with Crippen LogP contribution in [0.1, 0.15) is 53.4 Å². The summed E-state index contributed by atoms with van der Waals surface area (Å²) in [6.45, 7) is 9.33. The van der Waals surface area contributed by atoms with E-state index in [1.165, 1.54) is 37.4 Å². The van der Waals surface area contributed by atoms with Gasteiger partial charge in [-0.15, -0.1) is 0 Å². The lowest BCUT2D eigenvalue weighted by atomic mass is 9.81. The maximum Gasteiger partial charge on any atom is 0.133 e. The zero-order valence-electron chi connectivity index (χ0n) is 12.1. The number of nitriles is 1. The molecule has 1 fully saturated rings. The van der Waals surface area contributed by atoms with E-state index >= 15 is 0 Å². The van der Waals surface area contributed by atoms with E-state index in [0.717, 1.165) is 5.92 Å². The Balaban J connectivity index is 2.32. The van der Waals surface area contributed by atoms with Crippen LogP contribution < -0.4 is 0 Å². The number of fused-ring (bicyclic) bond motifs is 1. The fourth-order valence-corrected chi connectivity index (χ4v) is 4.68. The molecule has 4 atom stereocenters. The van der Waals surface area contributed by atoms with Crippen LogP contribution in [0, 0.1) is 34.3 Å². The van der Waals surface area contributed by atoms with Gasteiger partial charge in [-0.25, -0.2) is 0 Å². The Labute approximate surface area is 116 Å². The Bertz CT molecular complexity index is 379. The first-order chi connectivity index (χ1) is 8.48. The molecule has 0 amide bonds. The molecular formula is C16H25NS. The Morgan fingerprint density at radius 2 is 2.17 bits per heavy atom. The van der Waals surface area contributed by atoms with Gasteiger partial charge in [-0.05, 0) is 68.0 Å². The van der Waals surface area contributed by atoms with Gasteiger partial charge in [-0.2, -0.15) is 5.26 Å². The van der Waals surface area contributed by atoms with Gasteiger partial charge in [-0.3, -0.25) is 0 Å². The van der Waals surface area contributed by atoms with Crippen molar-refractivity contribution in [2.75, 3.05) is 0 Å². The van der Waals surface area contributed by atoms with Crippen molar-refractivity contribution in [3.05, 3.63) is 11.6 Å². The van der Waals surface area contributed by atoms with E-state index in [-0.39, 0.29) is 4.75 Å². The van der Waals surface area contributed by atoms with E-state index in [1.807, 2.05) is 0 Å². The van der Waals surface area contributed by atoms with Crippen LogP contribution in [0.15, 0.2) is 11.6 Å². The van der Waals surface area contributed by atoms with E-state index in [1.54, 1.807) is 5.57 Å². The molecule has 0 N–H and O–H groups in total. The summed E-state index contributed by atoms with van der Waals surface area (Å²) in [5.41, 5.74) is 1.63. The molecule has 0 radical (unpaired) electrons.